The van der Waals surface area contributed by atoms with Gasteiger partial charge in [0.2, 0.25) is 0 Å². The van der Waals surface area contributed by atoms with Crippen molar-refractivity contribution in [1.82, 2.24) is 20.3 Å². The second-order valence-electron chi connectivity index (χ2n) is 4.16. The Hall–Kier alpha value is -0.940. The molecule has 0 bridgehead atoms. The molecule has 0 saturated carbocycles. The molecule has 0 spiro atoms. The van der Waals surface area contributed by atoms with Gasteiger partial charge < -0.3 is 10.4 Å². The van der Waals surface area contributed by atoms with E-state index in [1.807, 2.05) is 20.2 Å². The third kappa shape index (κ3) is 4.40. The van der Waals surface area contributed by atoms with Gasteiger partial charge in [-0.25, -0.2) is 0 Å². The predicted molar refractivity (Wildman–Crippen MR) is 58.5 cm³/mol. The molecule has 0 aromatic carbocycles. The van der Waals surface area contributed by atoms with Crippen molar-refractivity contribution in [2.24, 2.45) is 7.05 Å². The average molecular weight is 212 g/mol. The van der Waals surface area contributed by atoms with Crippen LogP contribution in [0.15, 0.2) is 6.20 Å². The zero-order valence-corrected chi connectivity index (χ0v) is 9.69. The highest BCUT2D eigenvalue weighted by Crippen LogP contribution is 2.14. The lowest BCUT2D eigenvalue weighted by atomic mass is 9.96. The molecule has 0 fully saturated rings. The second kappa shape index (κ2) is 5.23. The van der Waals surface area contributed by atoms with Crippen LogP contribution in [0.1, 0.15) is 26.0 Å². The van der Waals surface area contributed by atoms with Gasteiger partial charge in [-0.15, -0.1) is 5.10 Å². The summed E-state index contributed by atoms with van der Waals surface area (Å²) >= 11 is 0. The van der Waals surface area contributed by atoms with Crippen LogP contribution >= 0.6 is 0 Å². The molecule has 0 saturated heterocycles. The summed E-state index contributed by atoms with van der Waals surface area (Å²) in [7, 11) is 1.82. The van der Waals surface area contributed by atoms with E-state index in [9.17, 15) is 5.11 Å². The van der Waals surface area contributed by atoms with E-state index in [-0.39, 0.29) is 0 Å². The minimum Gasteiger partial charge on any atom is -0.390 e. The molecule has 1 unspecified atom stereocenters. The molecule has 1 rings (SSSR count). The lowest BCUT2D eigenvalue weighted by molar-refractivity contribution is 0.0507. The molecule has 86 valence electrons. The van der Waals surface area contributed by atoms with E-state index in [2.05, 4.69) is 22.6 Å². The Balaban J connectivity index is 2.41. The molecule has 5 heteroatoms. The molecule has 0 amide bonds. The van der Waals surface area contributed by atoms with Crippen LogP contribution in [0.3, 0.4) is 0 Å². The fourth-order valence-corrected chi connectivity index (χ4v) is 1.49. The first-order chi connectivity index (χ1) is 7.03. The van der Waals surface area contributed by atoms with Crippen molar-refractivity contribution >= 4 is 0 Å². The predicted octanol–water partition coefficient (Wildman–Crippen LogP) is 0.108. The Kier molecular flexibility index (Phi) is 4.23. The van der Waals surface area contributed by atoms with Gasteiger partial charge in [0.1, 0.15) is 0 Å². The molecule has 0 aliphatic carbocycles. The highest BCUT2D eigenvalue weighted by atomic mass is 16.3. The summed E-state index contributed by atoms with van der Waals surface area (Å²) in [5, 5.41) is 21.1. The number of nitrogens with one attached hydrogen (secondary N) is 1. The maximum absolute atomic E-state index is 10.1. The van der Waals surface area contributed by atoms with Crippen LogP contribution in [0.4, 0.5) is 0 Å². The largest absolute Gasteiger partial charge is 0.390 e. The Morgan fingerprint density at radius 1 is 1.60 bits per heavy atom. The molecule has 2 N–H and O–H groups in total. The van der Waals surface area contributed by atoms with Gasteiger partial charge in [0, 0.05) is 19.7 Å². The van der Waals surface area contributed by atoms with Crippen molar-refractivity contribution in [3.8, 4) is 0 Å². The van der Waals surface area contributed by atoms with E-state index in [0.29, 0.717) is 6.42 Å². The molecule has 0 aliphatic heterocycles. The van der Waals surface area contributed by atoms with Crippen LogP contribution in [0.2, 0.25) is 0 Å². The molecule has 15 heavy (non-hydrogen) atoms. The highest BCUT2D eigenvalue weighted by molar-refractivity contribution is 4.98. The number of aromatic nitrogens is 3. The van der Waals surface area contributed by atoms with Crippen molar-refractivity contribution < 1.29 is 5.11 Å². The smallest absolute Gasteiger partial charge is 0.0855 e. The SMILES string of the molecule is CCNCCC(C)(O)Cc1cn(C)nn1. The first-order valence-corrected chi connectivity index (χ1v) is 5.32. The molecular formula is C10H20N4O. The lowest BCUT2D eigenvalue weighted by Crippen LogP contribution is -2.32. The molecule has 0 radical (unpaired) electrons. The van der Waals surface area contributed by atoms with Gasteiger partial charge in [0.05, 0.1) is 11.3 Å². The van der Waals surface area contributed by atoms with Crippen molar-refractivity contribution in [2.75, 3.05) is 13.1 Å². The van der Waals surface area contributed by atoms with Gasteiger partial charge in [-0.1, -0.05) is 12.1 Å². The normalized spacial score (nSPS) is 15.2. The summed E-state index contributed by atoms with van der Waals surface area (Å²) in [5.41, 5.74) is 0.122. The lowest BCUT2D eigenvalue weighted by Gasteiger charge is -2.21. The summed E-state index contributed by atoms with van der Waals surface area (Å²) < 4.78 is 1.65. The number of hydrogen-bond donors (Lipinski definition) is 2. The van der Waals surface area contributed by atoms with E-state index in [0.717, 1.165) is 25.2 Å². The Labute approximate surface area is 90.5 Å². The van der Waals surface area contributed by atoms with Gasteiger partial charge in [-0.2, -0.15) is 0 Å². The quantitative estimate of drug-likeness (QED) is 0.657. The van der Waals surface area contributed by atoms with E-state index in [1.165, 1.54) is 0 Å². The molecule has 1 atom stereocenters. The van der Waals surface area contributed by atoms with E-state index in [4.69, 9.17) is 0 Å². The number of nitrogens with zero attached hydrogens (tertiary/aromatic N) is 3. The van der Waals surface area contributed by atoms with Crippen molar-refractivity contribution in [3.05, 3.63) is 11.9 Å². The Morgan fingerprint density at radius 3 is 2.87 bits per heavy atom. The topological polar surface area (TPSA) is 63.0 Å². The monoisotopic (exact) mass is 212 g/mol. The summed E-state index contributed by atoms with van der Waals surface area (Å²) in [5.74, 6) is 0. The number of rotatable bonds is 6. The summed E-state index contributed by atoms with van der Waals surface area (Å²) in [6.45, 7) is 5.64. The van der Waals surface area contributed by atoms with E-state index >= 15 is 0 Å². The fourth-order valence-electron chi connectivity index (χ4n) is 1.49. The van der Waals surface area contributed by atoms with Gasteiger partial charge in [0.25, 0.3) is 0 Å². The number of hydrogen-bond acceptors (Lipinski definition) is 4. The number of aliphatic hydroxyl groups is 1. The Bertz CT molecular complexity index is 295. The zero-order chi connectivity index (χ0) is 11.3. The van der Waals surface area contributed by atoms with Gasteiger partial charge in [0.15, 0.2) is 0 Å². The minimum atomic E-state index is -0.710. The summed E-state index contributed by atoms with van der Waals surface area (Å²) in [6.07, 6.45) is 3.10. The van der Waals surface area contributed by atoms with Gasteiger partial charge in [-0.3, -0.25) is 4.68 Å². The van der Waals surface area contributed by atoms with E-state index in [1.54, 1.807) is 4.68 Å². The van der Waals surface area contributed by atoms with Crippen LogP contribution in [0.25, 0.3) is 0 Å². The maximum Gasteiger partial charge on any atom is 0.0855 e. The third-order valence-electron chi connectivity index (χ3n) is 2.30. The standard InChI is InChI=1S/C10H20N4O/c1-4-11-6-5-10(2,15)7-9-8-14(3)13-12-9/h8,11,15H,4-7H2,1-3H3. The first kappa shape index (κ1) is 12.1. The second-order valence-corrected chi connectivity index (χ2v) is 4.16. The first-order valence-electron chi connectivity index (χ1n) is 5.32. The van der Waals surface area contributed by atoms with Crippen LogP contribution in [0.5, 0.6) is 0 Å². The zero-order valence-electron chi connectivity index (χ0n) is 9.69. The van der Waals surface area contributed by atoms with E-state index < -0.39 is 5.60 Å². The van der Waals surface area contributed by atoms with Gasteiger partial charge >= 0.3 is 0 Å². The molecule has 1 aromatic heterocycles. The molecule has 1 heterocycles. The van der Waals surface area contributed by atoms with Crippen LogP contribution in [-0.4, -0.2) is 38.8 Å². The van der Waals surface area contributed by atoms with Crippen LogP contribution < -0.4 is 5.32 Å². The molecular weight excluding hydrogens is 192 g/mol. The van der Waals surface area contributed by atoms with Crippen LogP contribution in [-0.2, 0) is 13.5 Å². The van der Waals surface area contributed by atoms with Crippen molar-refractivity contribution in [2.45, 2.75) is 32.3 Å². The minimum absolute atomic E-state index is 0.548. The van der Waals surface area contributed by atoms with Crippen molar-refractivity contribution in [3.63, 3.8) is 0 Å². The van der Waals surface area contributed by atoms with Gasteiger partial charge in [-0.05, 0) is 26.4 Å². The summed E-state index contributed by atoms with van der Waals surface area (Å²) in [4.78, 5) is 0. The third-order valence-corrected chi connectivity index (χ3v) is 2.30. The maximum atomic E-state index is 10.1. The fraction of sp³-hybridized carbons (Fsp3) is 0.800. The molecule has 0 aliphatic rings. The summed E-state index contributed by atoms with van der Waals surface area (Å²) in [6, 6.07) is 0. The highest BCUT2D eigenvalue weighted by Gasteiger charge is 2.21. The average Bonchev–Trinajstić information content (AvgIpc) is 2.50. The number of aryl methyl sites for hydroxylation is 1. The molecule has 1 aromatic rings. The Morgan fingerprint density at radius 2 is 2.33 bits per heavy atom. The molecule has 5 nitrogen and oxygen atoms in total. The van der Waals surface area contributed by atoms with Crippen LogP contribution in [0, 0.1) is 0 Å². The van der Waals surface area contributed by atoms with Crippen molar-refractivity contribution in [1.29, 1.82) is 0 Å².